The molecule has 1 aliphatic carbocycles. The zero-order chi connectivity index (χ0) is 31.8. The Kier molecular flexibility index (Phi) is 9.80. The minimum absolute atomic E-state index is 0.0253. The number of carbonyl (C=O) groups excluding carboxylic acids is 2. The van der Waals surface area contributed by atoms with Gasteiger partial charge in [-0.25, -0.2) is 22.8 Å². The first-order chi connectivity index (χ1) is 21.7. The van der Waals surface area contributed by atoms with E-state index in [0.717, 1.165) is 26.6 Å². The number of esters is 1. The molecule has 0 saturated carbocycles. The van der Waals surface area contributed by atoms with E-state index in [-0.39, 0.29) is 25.3 Å². The Labute approximate surface area is 259 Å². The lowest BCUT2D eigenvalue weighted by atomic mass is 10.1. The van der Waals surface area contributed by atoms with Crippen LogP contribution in [0.25, 0.3) is 0 Å². The third kappa shape index (κ3) is 7.51. The lowest BCUT2D eigenvalue weighted by molar-refractivity contribution is -0.387. The van der Waals surface area contributed by atoms with E-state index in [2.05, 4.69) is 4.98 Å². The Morgan fingerprint density at radius 2 is 1.58 bits per heavy atom. The van der Waals surface area contributed by atoms with Gasteiger partial charge in [0, 0.05) is 24.7 Å². The molecule has 1 aromatic heterocycles. The van der Waals surface area contributed by atoms with Crippen molar-refractivity contribution in [3.63, 3.8) is 0 Å². The number of carbonyl (C=O) groups is 2. The number of aromatic nitrogens is 2. The van der Waals surface area contributed by atoms with Gasteiger partial charge in [-0.15, -0.1) is 0 Å². The highest BCUT2D eigenvalue weighted by Crippen LogP contribution is 2.33. The number of rotatable bonds is 12. The number of allylic oxidation sites excluding steroid dienone is 1. The monoisotopic (exact) mass is 630 g/mol. The second-order valence-electron chi connectivity index (χ2n) is 10.3. The second kappa shape index (κ2) is 14.1. The number of nitro benzene ring substituents is 1. The van der Waals surface area contributed by atoms with Crippen molar-refractivity contribution in [3.05, 3.63) is 137 Å². The van der Waals surface area contributed by atoms with Crippen LogP contribution in [0.3, 0.4) is 0 Å². The van der Waals surface area contributed by atoms with Gasteiger partial charge in [0.2, 0.25) is 0 Å². The van der Waals surface area contributed by atoms with E-state index >= 15 is 0 Å². The second-order valence-corrected chi connectivity index (χ2v) is 12.1. The summed E-state index contributed by atoms with van der Waals surface area (Å²) in [4.78, 5) is 41.3. The van der Waals surface area contributed by atoms with Crippen molar-refractivity contribution in [2.45, 2.75) is 49.5 Å². The molecule has 45 heavy (non-hydrogen) atoms. The Bertz CT molecular complexity index is 1790. The first-order valence-electron chi connectivity index (χ1n) is 14.1. The Balaban J connectivity index is 1.47. The van der Waals surface area contributed by atoms with Gasteiger partial charge in [-0.05, 0) is 30.0 Å². The summed E-state index contributed by atoms with van der Waals surface area (Å²) in [5.74, 6) is -0.873. The van der Waals surface area contributed by atoms with Crippen LogP contribution in [0.4, 0.5) is 10.5 Å². The van der Waals surface area contributed by atoms with Gasteiger partial charge in [-0.3, -0.25) is 14.9 Å². The van der Waals surface area contributed by atoms with Gasteiger partial charge < -0.3 is 9.47 Å². The number of nitrogens with zero attached hydrogens (tertiary/aromatic N) is 4. The standard InChI is InChI=1S/C32H30N4O8S/c37-31(43-21-24-11-3-1-4-12-24)29(19-26-20-34(23-33-26)32(38)44-22-25-13-5-2-6-14-25)35(27-15-7-8-16-27)45(41,42)30-18-10-9-17-28(30)36(39)40/h1-7,9-15,17-18,20,23,27,29H,8,16,19,21-22H2/t27-,29+/m1/s1. The molecule has 0 unspecified atom stereocenters. The van der Waals surface area contributed by atoms with E-state index < -0.39 is 49.7 Å². The highest BCUT2D eigenvalue weighted by atomic mass is 32.2. The minimum Gasteiger partial charge on any atom is -0.460 e. The van der Waals surface area contributed by atoms with Crippen LogP contribution in [0, 0.1) is 10.1 Å². The first-order valence-corrected chi connectivity index (χ1v) is 15.6. The predicted octanol–water partition coefficient (Wildman–Crippen LogP) is 5.04. The van der Waals surface area contributed by atoms with Gasteiger partial charge in [-0.1, -0.05) is 84.9 Å². The van der Waals surface area contributed by atoms with Gasteiger partial charge in [0.15, 0.2) is 4.90 Å². The van der Waals surface area contributed by atoms with Gasteiger partial charge >= 0.3 is 12.1 Å². The largest absolute Gasteiger partial charge is 0.460 e. The molecule has 0 aliphatic heterocycles. The topological polar surface area (TPSA) is 151 Å². The molecule has 0 spiro atoms. The summed E-state index contributed by atoms with van der Waals surface area (Å²) in [6.45, 7) is -0.103. The van der Waals surface area contributed by atoms with E-state index in [1.807, 2.05) is 36.4 Å². The summed E-state index contributed by atoms with van der Waals surface area (Å²) in [5.41, 5.74) is 1.06. The molecule has 0 radical (unpaired) electrons. The molecule has 4 aromatic rings. The van der Waals surface area contributed by atoms with Crippen LogP contribution in [0.5, 0.6) is 0 Å². The summed E-state index contributed by atoms with van der Waals surface area (Å²) >= 11 is 0. The molecule has 12 nitrogen and oxygen atoms in total. The third-order valence-corrected chi connectivity index (χ3v) is 9.17. The number of para-hydroxylation sites is 1. The molecule has 0 bridgehead atoms. The SMILES string of the molecule is O=C(OCc1ccccc1)[C@H](Cc1cn(C(=O)OCc2ccccc2)cn1)N([C@@H]1C=CCC1)S(=O)(=O)c1ccccc1[N+](=O)[O-]. The summed E-state index contributed by atoms with van der Waals surface area (Å²) in [5, 5.41) is 11.8. The van der Waals surface area contributed by atoms with Crippen molar-refractivity contribution in [3.8, 4) is 0 Å². The smallest absolute Gasteiger partial charge is 0.419 e. The normalized spacial score (nSPS) is 15.1. The minimum atomic E-state index is -4.64. The maximum atomic E-state index is 14.3. The van der Waals surface area contributed by atoms with Crippen molar-refractivity contribution >= 4 is 27.8 Å². The number of hydrogen-bond acceptors (Lipinski definition) is 9. The number of benzene rings is 3. The van der Waals surface area contributed by atoms with Crippen LogP contribution in [0.2, 0.25) is 0 Å². The fraction of sp³-hybridized carbons (Fsp3) is 0.219. The Hall–Kier alpha value is -5.14. The fourth-order valence-electron chi connectivity index (χ4n) is 5.01. The molecule has 1 heterocycles. The molecule has 0 amide bonds. The van der Waals surface area contributed by atoms with E-state index in [9.17, 15) is 28.1 Å². The maximum absolute atomic E-state index is 14.3. The van der Waals surface area contributed by atoms with Crippen molar-refractivity contribution < 1.29 is 32.4 Å². The van der Waals surface area contributed by atoms with Crippen LogP contribution in [-0.4, -0.2) is 51.3 Å². The lowest BCUT2D eigenvalue weighted by Crippen LogP contribution is -2.51. The molecular formula is C32H30N4O8S. The van der Waals surface area contributed by atoms with Crippen molar-refractivity contribution in [1.82, 2.24) is 13.9 Å². The third-order valence-electron chi connectivity index (χ3n) is 7.19. The van der Waals surface area contributed by atoms with E-state index in [0.29, 0.717) is 18.4 Å². The summed E-state index contributed by atoms with van der Waals surface area (Å²) in [6.07, 6.45) is 5.90. The molecule has 1 aliphatic rings. The van der Waals surface area contributed by atoms with Crippen molar-refractivity contribution in [1.29, 1.82) is 0 Å². The number of nitro groups is 1. The fourth-order valence-corrected chi connectivity index (χ4v) is 6.92. The van der Waals surface area contributed by atoms with Gasteiger partial charge in [0.25, 0.3) is 15.7 Å². The van der Waals surface area contributed by atoms with Gasteiger partial charge in [0.05, 0.1) is 10.6 Å². The van der Waals surface area contributed by atoms with Crippen LogP contribution >= 0.6 is 0 Å². The Morgan fingerprint density at radius 3 is 2.20 bits per heavy atom. The maximum Gasteiger partial charge on any atom is 0.419 e. The zero-order valence-electron chi connectivity index (χ0n) is 24.0. The molecule has 13 heteroatoms. The van der Waals surface area contributed by atoms with Crippen LogP contribution < -0.4 is 0 Å². The van der Waals surface area contributed by atoms with Crippen LogP contribution in [0.1, 0.15) is 29.7 Å². The molecule has 3 aromatic carbocycles. The summed E-state index contributed by atoms with van der Waals surface area (Å²) < 4.78 is 41.6. The van der Waals surface area contributed by atoms with E-state index in [1.165, 1.54) is 24.7 Å². The summed E-state index contributed by atoms with van der Waals surface area (Å²) in [7, 11) is -4.64. The van der Waals surface area contributed by atoms with Gasteiger partial charge in [0.1, 0.15) is 25.6 Å². The van der Waals surface area contributed by atoms with Crippen molar-refractivity contribution in [2.24, 2.45) is 0 Å². The molecule has 0 N–H and O–H groups in total. The van der Waals surface area contributed by atoms with Crippen LogP contribution in [-0.2, 0) is 43.9 Å². The number of ether oxygens (including phenoxy) is 2. The molecule has 232 valence electrons. The highest BCUT2D eigenvalue weighted by Gasteiger charge is 2.44. The molecule has 0 saturated heterocycles. The zero-order valence-corrected chi connectivity index (χ0v) is 24.9. The number of sulfonamides is 1. The molecule has 0 fully saturated rings. The average Bonchev–Trinajstić information content (AvgIpc) is 3.76. The average molecular weight is 631 g/mol. The predicted molar refractivity (Wildman–Crippen MR) is 162 cm³/mol. The molecular weight excluding hydrogens is 600 g/mol. The molecule has 2 atom stereocenters. The highest BCUT2D eigenvalue weighted by molar-refractivity contribution is 7.89. The van der Waals surface area contributed by atoms with Gasteiger partial charge in [-0.2, -0.15) is 4.31 Å². The Morgan fingerprint density at radius 1 is 0.956 bits per heavy atom. The van der Waals surface area contributed by atoms with Crippen molar-refractivity contribution in [2.75, 3.05) is 0 Å². The summed E-state index contributed by atoms with van der Waals surface area (Å²) in [6, 6.07) is 20.7. The first kappa shape index (κ1) is 31.3. The van der Waals surface area contributed by atoms with E-state index in [1.54, 1.807) is 36.4 Å². The quantitative estimate of drug-likeness (QED) is 0.0907. The number of imidazole rings is 1. The number of hydrogen-bond donors (Lipinski definition) is 0. The lowest BCUT2D eigenvalue weighted by Gasteiger charge is -2.33. The van der Waals surface area contributed by atoms with E-state index in [4.69, 9.17) is 9.47 Å². The molecule has 5 rings (SSSR count). The van der Waals surface area contributed by atoms with Crippen LogP contribution in [0.15, 0.2) is 115 Å².